The average Bonchev–Trinajstić information content (AvgIpc) is 2.89. The highest BCUT2D eigenvalue weighted by atomic mass is 16.5. The SMILES string of the molecule is Cc1cc2cc(C(=O)OCc3ccccc3)[nH]c2cc1C. The van der Waals surface area contributed by atoms with Crippen molar-refractivity contribution in [1.29, 1.82) is 0 Å². The van der Waals surface area contributed by atoms with Crippen molar-refractivity contribution in [2.45, 2.75) is 20.5 Å². The number of carbonyl (C=O) groups is 1. The number of hydrogen-bond donors (Lipinski definition) is 1. The van der Waals surface area contributed by atoms with E-state index in [0.717, 1.165) is 16.5 Å². The molecule has 0 unspecified atom stereocenters. The van der Waals surface area contributed by atoms with E-state index >= 15 is 0 Å². The molecule has 0 bridgehead atoms. The van der Waals surface area contributed by atoms with Crippen LogP contribution in [0.2, 0.25) is 0 Å². The van der Waals surface area contributed by atoms with Crippen LogP contribution in [-0.2, 0) is 11.3 Å². The lowest BCUT2D eigenvalue weighted by Crippen LogP contribution is -2.05. The normalized spacial score (nSPS) is 10.8. The molecule has 0 aliphatic rings. The van der Waals surface area contributed by atoms with Gasteiger partial charge in [0.1, 0.15) is 12.3 Å². The van der Waals surface area contributed by atoms with Gasteiger partial charge in [0, 0.05) is 10.9 Å². The first-order valence-corrected chi connectivity index (χ1v) is 6.94. The molecule has 0 radical (unpaired) electrons. The van der Waals surface area contributed by atoms with Crippen molar-refractivity contribution in [3.05, 3.63) is 70.9 Å². The maximum atomic E-state index is 12.1. The largest absolute Gasteiger partial charge is 0.456 e. The quantitative estimate of drug-likeness (QED) is 0.732. The second-order valence-corrected chi connectivity index (χ2v) is 5.27. The van der Waals surface area contributed by atoms with E-state index in [4.69, 9.17) is 4.74 Å². The van der Waals surface area contributed by atoms with Gasteiger partial charge in [-0.25, -0.2) is 4.79 Å². The fraction of sp³-hybridized carbons (Fsp3) is 0.167. The van der Waals surface area contributed by atoms with E-state index in [0.29, 0.717) is 5.69 Å². The molecule has 0 fully saturated rings. The molecular formula is C18H17NO2. The lowest BCUT2D eigenvalue weighted by Gasteiger charge is -2.02. The summed E-state index contributed by atoms with van der Waals surface area (Å²) in [5, 5.41) is 1.03. The Balaban J connectivity index is 1.78. The molecule has 0 aliphatic carbocycles. The molecule has 3 rings (SSSR count). The number of benzene rings is 2. The first-order valence-electron chi connectivity index (χ1n) is 6.94. The summed E-state index contributed by atoms with van der Waals surface area (Å²) < 4.78 is 5.33. The van der Waals surface area contributed by atoms with Gasteiger partial charge in [0.2, 0.25) is 0 Å². The molecule has 3 nitrogen and oxygen atoms in total. The fourth-order valence-electron chi connectivity index (χ4n) is 2.31. The molecule has 0 amide bonds. The number of aromatic nitrogens is 1. The van der Waals surface area contributed by atoms with Crippen molar-refractivity contribution in [2.75, 3.05) is 0 Å². The third-order valence-corrected chi connectivity index (χ3v) is 3.67. The van der Waals surface area contributed by atoms with Crippen molar-refractivity contribution in [3.63, 3.8) is 0 Å². The van der Waals surface area contributed by atoms with Gasteiger partial charge in [0.05, 0.1) is 0 Å². The van der Waals surface area contributed by atoms with Gasteiger partial charge < -0.3 is 9.72 Å². The van der Waals surface area contributed by atoms with E-state index in [9.17, 15) is 4.79 Å². The topological polar surface area (TPSA) is 42.1 Å². The summed E-state index contributed by atoms with van der Waals surface area (Å²) in [6, 6.07) is 15.6. The second-order valence-electron chi connectivity index (χ2n) is 5.27. The summed E-state index contributed by atoms with van der Waals surface area (Å²) in [6.45, 7) is 4.41. The highest BCUT2D eigenvalue weighted by molar-refractivity contribution is 5.95. The predicted octanol–water partition coefficient (Wildman–Crippen LogP) is 4.14. The number of rotatable bonds is 3. The molecule has 0 aliphatic heterocycles. The van der Waals surface area contributed by atoms with Crippen LogP contribution in [0.25, 0.3) is 10.9 Å². The van der Waals surface area contributed by atoms with Crippen LogP contribution in [0.1, 0.15) is 27.2 Å². The molecule has 0 saturated carbocycles. The summed E-state index contributed by atoms with van der Waals surface area (Å²) >= 11 is 0. The van der Waals surface area contributed by atoms with Gasteiger partial charge in [-0.15, -0.1) is 0 Å². The summed E-state index contributed by atoms with van der Waals surface area (Å²) in [5.41, 5.74) is 4.85. The van der Waals surface area contributed by atoms with Crippen molar-refractivity contribution >= 4 is 16.9 Å². The predicted molar refractivity (Wildman–Crippen MR) is 83.3 cm³/mol. The third kappa shape index (κ3) is 2.82. The van der Waals surface area contributed by atoms with Crippen LogP contribution in [0.15, 0.2) is 48.5 Å². The Bertz CT molecular complexity index is 749. The molecule has 3 heteroatoms. The zero-order valence-corrected chi connectivity index (χ0v) is 12.1. The van der Waals surface area contributed by atoms with Gasteiger partial charge in [-0.05, 0) is 48.7 Å². The van der Waals surface area contributed by atoms with E-state index in [1.165, 1.54) is 11.1 Å². The first kappa shape index (κ1) is 13.4. The number of carbonyl (C=O) groups excluding carboxylic acids is 1. The van der Waals surface area contributed by atoms with E-state index in [2.05, 4.69) is 31.0 Å². The van der Waals surface area contributed by atoms with E-state index in [1.54, 1.807) is 0 Å². The smallest absolute Gasteiger partial charge is 0.355 e. The minimum Gasteiger partial charge on any atom is -0.456 e. The highest BCUT2D eigenvalue weighted by Crippen LogP contribution is 2.20. The van der Waals surface area contributed by atoms with E-state index in [-0.39, 0.29) is 12.6 Å². The molecule has 0 saturated heterocycles. The first-order chi connectivity index (χ1) is 10.1. The highest BCUT2D eigenvalue weighted by Gasteiger charge is 2.11. The monoisotopic (exact) mass is 279 g/mol. The van der Waals surface area contributed by atoms with Crippen molar-refractivity contribution in [3.8, 4) is 0 Å². The third-order valence-electron chi connectivity index (χ3n) is 3.67. The summed E-state index contributed by atoms with van der Waals surface area (Å²) in [7, 11) is 0. The van der Waals surface area contributed by atoms with E-state index < -0.39 is 0 Å². The molecular weight excluding hydrogens is 262 g/mol. The maximum Gasteiger partial charge on any atom is 0.355 e. The van der Waals surface area contributed by atoms with Gasteiger partial charge in [0.15, 0.2) is 0 Å². The molecule has 106 valence electrons. The summed E-state index contributed by atoms with van der Waals surface area (Å²) in [5.74, 6) is -0.328. The van der Waals surface area contributed by atoms with Crippen LogP contribution in [0, 0.1) is 13.8 Å². The molecule has 1 N–H and O–H groups in total. The van der Waals surface area contributed by atoms with Crippen LogP contribution in [-0.4, -0.2) is 11.0 Å². The van der Waals surface area contributed by atoms with Gasteiger partial charge >= 0.3 is 5.97 Å². The van der Waals surface area contributed by atoms with Crippen molar-refractivity contribution in [1.82, 2.24) is 4.98 Å². The standard InChI is InChI=1S/C18H17NO2/c1-12-8-15-10-17(19-16(15)9-13(12)2)18(20)21-11-14-6-4-3-5-7-14/h3-10,19H,11H2,1-2H3. The Hall–Kier alpha value is -2.55. The zero-order valence-electron chi connectivity index (χ0n) is 12.1. The lowest BCUT2D eigenvalue weighted by atomic mass is 10.1. The number of hydrogen-bond acceptors (Lipinski definition) is 2. The number of esters is 1. The number of ether oxygens (including phenoxy) is 1. The summed E-state index contributed by atoms with van der Waals surface area (Å²) in [6.07, 6.45) is 0. The van der Waals surface area contributed by atoms with Crippen molar-refractivity contribution in [2.24, 2.45) is 0 Å². The second kappa shape index (κ2) is 5.44. The molecule has 2 aromatic carbocycles. The van der Waals surface area contributed by atoms with Gasteiger partial charge in [-0.2, -0.15) is 0 Å². The Morgan fingerprint density at radius 1 is 1.05 bits per heavy atom. The molecule has 3 aromatic rings. The van der Waals surface area contributed by atoms with Gasteiger partial charge in [0.25, 0.3) is 0 Å². The Morgan fingerprint density at radius 2 is 1.76 bits per heavy atom. The lowest BCUT2D eigenvalue weighted by molar-refractivity contribution is 0.0467. The molecule has 1 aromatic heterocycles. The number of H-pyrrole nitrogens is 1. The molecule has 21 heavy (non-hydrogen) atoms. The van der Waals surface area contributed by atoms with Crippen LogP contribution in [0.4, 0.5) is 0 Å². The van der Waals surface area contributed by atoms with E-state index in [1.807, 2.05) is 36.4 Å². The Morgan fingerprint density at radius 3 is 2.52 bits per heavy atom. The minimum absolute atomic E-state index is 0.285. The minimum atomic E-state index is -0.328. The van der Waals surface area contributed by atoms with Crippen molar-refractivity contribution < 1.29 is 9.53 Å². The summed E-state index contributed by atoms with van der Waals surface area (Å²) in [4.78, 5) is 15.2. The molecule has 0 spiro atoms. The Kier molecular flexibility index (Phi) is 3.48. The average molecular weight is 279 g/mol. The number of aryl methyl sites for hydroxylation is 2. The van der Waals surface area contributed by atoms with Crippen LogP contribution < -0.4 is 0 Å². The maximum absolute atomic E-state index is 12.1. The van der Waals surface area contributed by atoms with Gasteiger partial charge in [-0.3, -0.25) is 0 Å². The number of nitrogens with one attached hydrogen (secondary N) is 1. The molecule has 1 heterocycles. The molecule has 0 atom stereocenters. The van der Waals surface area contributed by atoms with Crippen LogP contribution >= 0.6 is 0 Å². The number of fused-ring (bicyclic) bond motifs is 1. The van der Waals surface area contributed by atoms with Crippen LogP contribution in [0.3, 0.4) is 0 Å². The zero-order chi connectivity index (χ0) is 14.8. The number of aromatic amines is 1. The Labute approximate surface area is 123 Å². The van der Waals surface area contributed by atoms with Gasteiger partial charge in [-0.1, -0.05) is 30.3 Å². The van der Waals surface area contributed by atoms with Crippen LogP contribution in [0.5, 0.6) is 0 Å². The fourth-order valence-corrected chi connectivity index (χ4v) is 2.31.